The summed E-state index contributed by atoms with van der Waals surface area (Å²) in [4.78, 5) is 0. The second-order valence-corrected chi connectivity index (χ2v) is 4.65. The third-order valence-electron chi connectivity index (χ3n) is 2.86. The lowest BCUT2D eigenvalue weighted by molar-refractivity contribution is 1.14. The summed E-state index contributed by atoms with van der Waals surface area (Å²) in [7, 11) is 0. The molecule has 0 spiro atoms. The number of aryl methyl sites for hydroxylation is 2. The summed E-state index contributed by atoms with van der Waals surface area (Å²) in [5.41, 5.74) is 2.73. The van der Waals surface area contributed by atoms with Crippen molar-refractivity contribution >= 4 is 0 Å². The molecule has 0 saturated carbocycles. The van der Waals surface area contributed by atoms with Crippen LogP contribution in [0, 0.1) is 6.92 Å². The van der Waals surface area contributed by atoms with E-state index in [1.807, 2.05) is 60.7 Å². The van der Waals surface area contributed by atoms with E-state index < -0.39 is 0 Å². The zero-order chi connectivity index (χ0) is 15.2. The van der Waals surface area contributed by atoms with Gasteiger partial charge >= 0.3 is 0 Å². The molecule has 0 heteroatoms. The fraction of sp³-hybridized carbons (Fsp3) is 0.143. The zero-order valence-corrected chi connectivity index (χ0v) is 12.9. The molecular formula is C21H24. The van der Waals surface area contributed by atoms with Crippen LogP contribution >= 0.6 is 0 Å². The first-order valence-electron chi connectivity index (χ1n) is 7.38. The molecule has 0 aliphatic rings. The van der Waals surface area contributed by atoms with Gasteiger partial charge in [-0.3, -0.25) is 0 Å². The molecule has 0 heterocycles. The van der Waals surface area contributed by atoms with Gasteiger partial charge in [-0.2, -0.15) is 0 Å². The van der Waals surface area contributed by atoms with Crippen molar-refractivity contribution in [3.63, 3.8) is 0 Å². The molecule has 0 bridgehead atoms. The van der Waals surface area contributed by atoms with Crippen molar-refractivity contribution in [3.05, 3.63) is 108 Å². The molecule has 0 aromatic heterocycles. The van der Waals surface area contributed by atoms with Gasteiger partial charge in [-0.05, 0) is 18.9 Å². The van der Waals surface area contributed by atoms with Gasteiger partial charge in [-0.15, -0.1) is 0 Å². The van der Waals surface area contributed by atoms with Crippen molar-refractivity contribution < 1.29 is 0 Å². The van der Waals surface area contributed by atoms with Crippen molar-refractivity contribution in [1.82, 2.24) is 0 Å². The molecule has 0 unspecified atom stereocenters. The van der Waals surface area contributed by atoms with Gasteiger partial charge in [0, 0.05) is 0 Å². The van der Waals surface area contributed by atoms with Gasteiger partial charge in [0.05, 0.1) is 0 Å². The Morgan fingerprint density at radius 3 is 1.10 bits per heavy atom. The van der Waals surface area contributed by atoms with E-state index in [4.69, 9.17) is 0 Å². The van der Waals surface area contributed by atoms with E-state index in [0.29, 0.717) is 0 Å². The number of hydrogen-bond acceptors (Lipinski definition) is 0. The summed E-state index contributed by atoms with van der Waals surface area (Å²) >= 11 is 0. The van der Waals surface area contributed by atoms with Crippen molar-refractivity contribution in [1.29, 1.82) is 0 Å². The topological polar surface area (TPSA) is 0 Å². The van der Waals surface area contributed by atoms with Gasteiger partial charge < -0.3 is 0 Å². The molecule has 0 radical (unpaired) electrons. The van der Waals surface area contributed by atoms with Crippen LogP contribution in [-0.2, 0) is 6.42 Å². The minimum absolute atomic E-state index is 1.14. The third kappa shape index (κ3) is 9.23. The maximum Gasteiger partial charge on any atom is -0.0307 e. The third-order valence-corrected chi connectivity index (χ3v) is 2.86. The predicted octanol–water partition coefficient (Wildman–Crippen LogP) is 5.93. The van der Waals surface area contributed by atoms with Crippen molar-refractivity contribution in [2.45, 2.75) is 20.3 Å². The maximum absolute atomic E-state index is 2.16. The Hall–Kier alpha value is -2.34. The molecule has 0 nitrogen and oxygen atoms in total. The van der Waals surface area contributed by atoms with Gasteiger partial charge in [-0.25, -0.2) is 0 Å². The lowest BCUT2D eigenvalue weighted by atomic mass is 10.2. The zero-order valence-electron chi connectivity index (χ0n) is 12.9. The monoisotopic (exact) mass is 276 g/mol. The Bertz CT molecular complexity index is 515. The van der Waals surface area contributed by atoms with E-state index in [1.54, 1.807) is 0 Å². The van der Waals surface area contributed by atoms with Crippen LogP contribution in [0.5, 0.6) is 0 Å². The highest BCUT2D eigenvalue weighted by Crippen LogP contribution is 1.96. The van der Waals surface area contributed by atoms with Gasteiger partial charge in [0.15, 0.2) is 0 Å². The SMILES string of the molecule is CCc1ccccc1.Cc1ccccc1.c1ccccc1. The summed E-state index contributed by atoms with van der Waals surface area (Å²) in [6, 6.07) is 32.7. The van der Waals surface area contributed by atoms with Crippen LogP contribution in [0.3, 0.4) is 0 Å². The normalized spacial score (nSPS) is 8.67. The van der Waals surface area contributed by atoms with Crippen molar-refractivity contribution in [2.75, 3.05) is 0 Å². The van der Waals surface area contributed by atoms with Crippen LogP contribution < -0.4 is 0 Å². The van der Waals surface area contributed by atoms with Crippen molar-refractivity contribution in [3.8, 4) is 0 Å². The van der Waals surface area contributed by atoms with E-state index >= 15 is 0 Å². The quantitative estimate of drug-likeness (QED) is 0.516. The van der Waals surface area contributed by atoms with E-state index in [-0.39, 0.29) is 0 Å². The average molecular weight is 276 g/mol. The van der Waals surface area contributed by atoms with Crippen LogP contribution in [0.15, 0.2) is 97.1 Å². The first-order chi connectivity index (χ1) is 10.3. The van der Waals surface area contributed by atoms with Crippen LogP contribution in [0.2, 0.25) is 0 Å². The molecule has 0 saturated heterocycles. The molecule has 3 aromatic carbocycles. The summed E-state index contributed by atoms with van der Waals surface area (Å²) in [5, 5.41) is 0. The van der Waals surface area contributed by atoms with Gasteiger partial charge in [0.2, 0.25) is 0 Å². The fourth-order valence-corrected chi connectivity index (χ4v) is 1.63. The van der Waals surface area contributed by atoms with Crippen LogP contribution in [0.1, 0.15) is 18.1 Å². The van der Waals surface area contributed by atoms with Crippen molar-refractivity contribution in [2.24, 2.45) is 0 Å². The van der Waals surface area contributed by atoms with Gasteiger partial charge in [0.25, 0.3) is 0 Å². The highest BCUT2D eigenvalue weighted by atomic mass is 13.9. The molecule has 0 atom stereocenters. The molecule has 0 aliphatic heterocycles. The molecule has 0 fully saturated rings. The van der Waals surface area contributed by atoms with Gasteiger partial charge in [0.1, 0.15) is 0 Å². The molecule has 0 amide bonds. The van der Waals surface area contributed by atoms with Gasteiger partial charge in [-0.1, -0.05) is 110 Å². The Kier molecular flexibility index (Phi) is 9.14. The Labute approximate surface area is 129 Å². The molecule has 0 N–H and O–H groups in total. The smallest absolute Gasteiger partial charge is 0.0307 e. The molecule has 21 heavy (non-hydrogen) atoms. The fourth-order valence-electron chi connectivity index (χ4n) is 1.63. The minimum atomic E-state index is 1.14. The largest absolute Gasteiger partial charge is 0.0623 e. The number of hydrogen-bond donors (Lipinski definition) is 0. The molecule has 108 valence electrons. The second-order valence-electron chi connectivity index (χ2n) is 4.65. The molecule has 3 rings (SSSR count). The molecule has 3 aromatic rings. The molecular weight excluding hydrogens is 252 g/mol. The lowest BCUT2D eigenvalue weighted by Crippen LogP contribution is -1.73. The predicted molar refractivity (Wildman–Crippen MR) is 93.4 cm³/mol. The minimum Gasteiger partial charge on any atom is -0.0623 e. The Balaban J connectivity index is 0.000000159. The summed E-state index contributed by atoms with van der Waals surface area (Å²) < 4.78 is 0. The standard InChI is InChI=1S/C8H10.C7H8.C6H6/c1-2-8-6-4-3-5-7-8;1-7-5-3-2-4-6-7;1-2-4-6-5-3-1/h3-7H,2H2,1H3;2-6H,1H3;1-6H. The summed E-state index contributed by atoms with van der Waals surface area (Å²) in [6.07, 6.45) is 1.14. The highest BCUT2D eigenvalue weighted by Gasteiger charge is 1.80. The average Bonchev–Trinajstić information content (AvgIpc) is 2.59. The maximum atomic E-state index is 2.16. The lowest BCUT2D eigenvalue weighted by Gasteiger charge is -1.89. The number of benzene rings is 3. The van der Waals surface area contributed by atoms with E-state index in [9.17, 15) is 0 Å². The number of rotatable bonds is 1. The Morgan fingerprint density at radius 1 is 0.524 bits per heavy atom. The van der Waals surface area contributed by atoms with E-state index in [0.717, 1.165) is 6.42 Å². The summed E-state index contributed by atoms with van der Waals surface area (Å²) in [5.74, 6) is 0. The highest BCUT2D eigenvalue weighted by molar-refractivity contribution is 5.14. The van der Waals surface area contributed by atoms with Crippen LogP contribution in [0.25, 0.3) is 0 Å². The Morgan fingerprint density at radius 2 is 0.857 bits per heavy atom. The first kappa shape index (κ1) is 16.7. The summed E-state index contributed by atoms with van der Waals surface area (Å²) in [6.45, 7) is 4.25. The first-order valence-corrected chi connectivity index (χ1v) is 7.38. The van der Waals surface area contributed by atoms with E-state index in [2.05, 4.69) is 50.2 Å². The van der Waals surface area contributed by atoms with E-state index in [1.165, 1.54) is 11.1 Å². The second kappa shape index (κ2) is 11.5. The van der Waals surface area contributed by atoms with Crippen LogP contribution in [-0.4, -0.2) is 0 Å². The molecule has 0 aliphatic carbocycles. The van der Waals surface area contributed by atoms with Crippen LogP contribution in [0.4, 0.5) is 0 Å².